The number of carbonyl (C=O) groups is 1. The second kappa shape index (κ2) is 5.89. The van der Waals surface area contributed by atoms with E-state index in [4.69, 9.17) is 4.74 Å². The normalized spacial score (nSPS) is 48.5. The Labute approximate surface area is 157 Å². The Balaban J connectivity index is 1.76. The van der Waals surface area contributed by atoms with E-state index in [2.05, 4.69) is 13.8 Å². The second-order valence-corrected chi connectivity index (χ2v) is 10.2. The van der Waals surface area contributed by atoms with Gasteiger partial charge in [-0.05, 0) is 79.0 Å². The molecule has 0 heterocycles. The third-order valence-corrected chi connectivity index (χ3v) is 8.35. The van der Waals surface area contributed by atoms with Crippen LogP contribution in [0.1, 0.15) is 72.6 Å². The minimum absolute atomic E-state index is 0.0420. The summed E-state index contributed by atoms with van der Waals surface area (Å²) >= 11 is 0. The first-order valence-electron chi connectivity index (χ1n) is 10.3. The number of ether oxygens (including phenoxy) is 1. The van der Waals surface area contributed by atoms with Gasteiger partial charge in [0.1, 0.15) is 0 Å². The molecule has 0 bridgehead atoms. The van der Waals surface area contributed by atoms with Crippen molar-refractivity contribution in [2.75, 3.05) is 0 Å². The van der Waals surface area contributed by atoms with Gasteiger partial charge in [-0.25, -0.2) is 0 Å². The van der Waals surface area contributed by atoms with E-state index >= 15 is 0 Å². The van der Waals surface area contributed by atoms with E-state index in [0.717, 1.165) is 32.1 Å². The number of aliphatic hydroxyl groups excluding tert-OH is 1. The molecular weight excluding hydrogens is 328 g/mol. The van der Waals surface area contributed by atoms with E-state index in [1.54, 1.807) is 13.8 Å². The maximum atomic E-state index is 12.4. The fraction of sp³-hybridized carbons (Fsp3) is 0.864. The van der Waals surface area contributed by atoms with Crippen molar-refractivity contribution >= 4 is 5.78 Å². The van der Waals surface area contributed by atoms with Crippen molar-refractivity contribution < 1.29 is 19.7 Å². The number of hydrogen-bond donors (Lipinski definition) is 1. The van der Waals surface area contributed by atoms with Crippen molar-refractivity contribution in [3.05, 3.63) is 11.6 Å². The van der Waals surface area contributed by atoms with Crippen LogP contribution in [-0.2, 0) is 9.53 Å². The van der Waals surface area contributed by atoms with Crippen molar-refractivity contribution in [3.63, 3.8) is 0 Å². The number of aliphatic hydroxyl groups is 1. The molecule has 4 aliphatic carbocycles. The van der Waals surface area contributed by atoms with E-state index < -0.39 is 5.79 Å². The van der Waals surface area contributed by atoms with Crippen molar-refractivity contribution in [1.82, 2.24) is 0 Å². The molecule has 0 spiro atoms. The number of carbonyl (C=O) groups excluding carboxylic acids is 1. The second-order valence-electron chi connectivity index (χ2n) is 10.2. The Kier molecular flexibility index (Phi) is 4.22. The first kappa shape index (κ1) is 18.6. The lowest BCUT2D eigenvalue weighted by atomic mass is 9.46. The Bertz CT molecular complexity index is 633. The van der Waals surface area contributed by atoms with Crippen molar-refractivity contribution in [2.24, 2.45) is 28.6 Å². The minimum atomic E-state index is -1.44. The number of hydrogen-bond acceptors (Lipinski definition) is 4. The van der Waals surface area contributed by atoms with Gasteiger partial charge in [-0.1, -0.05) is 33.3 Å². The van der Waals surface area contributed by atoms with Gasteiger partial charge in [0.25, 0.3) is 0 Å². The Morgan fingerprint density at radius 3 is 2.62 bits per heavy atom. The summed E-state index contributed by atoms with van der Waals surface area (Å²) in [5.41, 5.74) is 1.18. The highest BCUT2D eigenvalue weighted by Gasteiger charge is 2.61. The topological polar surface area (TPSA) is 69.6 Å². The van der Waals surface area contributed by atoms with Crippen LogP contribution in [-0.4, -0.2) is 28.9 Å². The zero-order chi connectivity index (χ0) is 18.9. The van der Waals surface area contributed by atoms with Crippen LogP contribution in [0.5, 0.6) is 0 Å². The highest BCUT2D eigenvalue weighted by molar-refractivity contribution is 5.91. The van der Waals surface area contributed by atoms with Crippen LogP contribution >= 0.6 is 0 Å². The maximum absolute atomic E-state index is 12.4. The molecular formula is C22H33O4-. The summed E-state index contributed by atoms with van der Waals surface area (Å²) in [7, 11) is 0. The lowest BCUT2D eigenvalue weighted by molar-refractivity contribution is -0.551. The summed E-state index contributed by atoms with van der Waals surface area (Å²) in [6.07, 6.45) is 7.66. The van der Waals surface area contributed by atoms with Gasteiger partial charge in [-0.2, -0.15) is 0 Å². The zero-order valence-corrected chi connectivity index (χ0v) is 16.6. The molecule has 0 saturated heterocycles. The lowest BCUT2D eigenvalue weighted by Gasteiger charge is -2.61. The van der Waals surface area contributed by atoms with E-state index in [1.807, 2.05) is 6.08 Å². The molecule has 4 unspecified atom stereocenters. The molecule has 4 aliphatic rings. The van der Waals surface area contributed by atoms with Crippen LogP contribution in [0, 0.1) is 28.6 Å². The molecule has 0 amide bonds. The zero-order valence-electron chi connectivity index (χ0n) is 16.6. The summed E-state index contributed by atoms with van der Waals surface area (Å²) in [5, 5.41) is 23.1. The summed E-state index contributed by atoms with van der Waals surface area (Å²) in [6, 6.07) is 0. The highest BCUT2D eigenvalue weighted by Crippen LogP contribution is 2.65. The fourth-order valence-corrected chi connectivity index (χ4v) is 6.96. The number of ketones is 1. The van der Waals surface area contributed by atoms with Gasteiger partial charge in [-0.15, -0.1) is 0 Å². The van der Waals surface area contributed by atoms with E-state index in [9.17, 15) is 15.0 Å². The molecule has 3 saturated carbocycles. The summed E-state index contributed by atoms with van der Waals surface area (Å²) in [6.45, 7) is 7.74. The molecule has 0 aromatic rings. The molecule has 1 N–H and O–H groups in total. The third kappa shape index (κ3) is 2.71. The van der Waals surface area contributed by atoms with E-state index in [1.165, 1.54) is 5.57 Å². The van der Waals surface area contributed by atoms with Crippen molar-refractivity contribution in [1.29, 1.82) is 0 Å². The first-order chi connectivity index (χ1) is 12.0. The predicted molar refractivity (Wildman–Crippen MR) is 97.1 cm³/mol. The van der Waals surface area contributed by atoms with Crippen molar-refractivity contribution in [2.45, 2.75) is 90.6 Å². The lowest BCUT2D eigenvalue weighted by Crippen LogP contribution is -2.58. The monoisotopic (exact) mass is 361 g/mol. The van der Waals surface area contributed by atoms with E-state index in [0.29, 0.717) is 30.6 Å². The highest BCUT2D eigenvalue weighted by atomic mass is 16.6. The van der Waals surface area contributed by atoms with Gasteiger partial charge in [0.15, 0.2) is 5.78 Å². The van der Waals surface area contributed by atoms with Crippen LogP contribution < -0.4 is 5.11 Å². The van der Waals surface area contributed by atoms with E-state index in [-0.39, 0.29) is 28.8 Å². The molecule has 0 radical (unpaired) electrons. The third-order valence-electron chi connectivity index (χ3n) is 8.35. The molecule has 0 aromatic carbocycles. The van der Waals surface area contributed by atoms with Crippen LogP contribution in [0.4, 0.5) is 0 Å². The average molecular weight is 362 g/mol. The SMILES string of the molecule is CC(C)([O-])O[C@H]1CC2=CC(=O)CC[C@]2(C)C2CC[C@]3(C)C(O)CCC3C21. The quantitative estimate of drug-likeness (QED) is 0.768. The van der Waals surface area contributed by atoms with Gasteiger partial charge in [-0.3, -0.25) is 4.79 Å². The Hall–Kier alpha value is -0.710. The Morgan fingerprint density at radius 1 is 1.19 bits per heavy atom. The van der Waals surface area contributed by atoms with Crippen LogP contribution in [0.2, 0.25) is 0 Å². The minimum Gasteiger partial charge on any atom is -0.829 e. The molecule has 0 aromatic heterocycles. The van der Waals surface area contributed by atoms with Crippen LogP contribution in [0.25, 0.3) is 0 Å². The summed E-state index contributed by atoms with van der Waals surface area (Å²) in [5.74, 6) is -0.0822. The average Bonchev–Trinajstić information content (AvgIpc) is 2.83. The van der Waals surface area contributed by atoms with Gasteiger partial charge in [0.05, 0.1) is 12.2 Å². The van der Waals surface area contributed by atoms with Gasteiger partial charge in [0.2, 0.25) is 0 Å². The Morgan fingerprint density at radius 2 is 1.92 bits per heavy atom. The van der Waals surface area contributed by atoms with Gasteiger partial charge >= 0.3 is 0 Å². The van der Waals surface area contributed by atoms with Gasteiger partial charge < -0.3 is 14.9 Å². The standard InChI is InChI=1S/C22H33O4/c1-20(2,25)26-17-12-13-11-14(23)7-9-21(13,3)16-8-10-22(4)15(19(16)17)5-6-18(22)24/h11,15-19,24H,5-10,12H2,1-4H3/q-1/t15?,16?,17-,18?,19?,21-,22-/m0/s1. The molecule has 3 fully saturated rings. The number of fused-ring (bicyclic) bond motifs is 5. The molecule has 4 rings (SSSR count). The molecule has 7 atom stereocenters. The maximum Gasteiger partial charge on any atom is 0.155 e. The summed E-state index contributed by atoms with van der Waals surface area (Å²) < 4.78 is 6.08. The number of rotatable bonds is 2. The fourth-order valence-electron chi connectivity index (χ4n) is 6.96. The molecule has 26 heavy (non-hydrogen) atoms. The predicted octanol–water partition coefficient (Wildman–Crippen LogP) is 2.97. The van der Waals surface area contributed by atoms with Crippen LogP contribution in [0.3, 0.4) is 0 Å². The first-order valence-corrected chi connectivity index (χ1v) is 10.3. The van der Waals surface area contributed by atoms with Crippen LogP contribution in [0.15, 0.2) is 11.6 Å². The van der Waals surface area contributed by atoms with Gasteiger partial charge in [0, 0.05) is 6.42 Å². The molecule has 4 heteroatoms. The van der Waals surface area contributed by atoms with Crippen molar-refractivity contribution in [3.8, 4) is 0 Å². The largest absolute Gasteiger partial charge is 0.829 e. The summed E-state index contributed by atoms with van der Waals surface area (Å²) in [4.78, 5) is 12.1. The molecule has 146 valence electrons. The molecule has 4 nitrogen and oxygen atoms in total. The smallest absolute Gasteiger partial charge is 0.155 e. The molecule has 0 aliphatic heterocycles.